The Morgan fingerprint density at radius 2 is 2.12 bits per heavy atom. The summed E-state index contributed by atoms with van der Waals surface area (Å²) in [6.07, 6.45) is 2.01. The minimum atomic E-state index is 0.291. The molecule has 0 aliphatic carbocycles. The lowest BCUT2D eigenvalue weighted by atomic mass is 10.0. The molecule has 2 nitrogen and oxygen atoms in total. The molecular weight excluding hydrogens is 210 g/mol. The maximum absolute atomic E-state index is 8.96. The number of aliphatic hydroxyl groups is 1. The van der Waals surface area contributed by atoms with Gasteiger partial charge in [-0.2, -0.15) is 0 Å². The molecule has 0 fully saturated rings. The molecule has 0 spiro atoms. The normalized spacial score (nSPS) is 14.6. The number of rotatable bonds is 7. The van der Waals surface area contributed by atoms with E-state index in [1.165, 1.54) is 11.1 Å². The predicted molar refractivity (Wildman–Crippen MR) is 73.1 cm³/mol. The van der Waals surface area contributed by atoms with Crippen LogP contribution < -0.4 is 5.32 Å². The summed E-state index contributed by atoms with van der Waals surface area (Å²) in [4.78, 5) is 0. The molecule has 0 saturated carbocycles. The number of hydrogen-bond acceptors (Lipinski definition) is 2. The van der Waals surface area contributed by atoms with Crippen molar-refractivity contribution in [3.8, 4) is 0 Å². The predicted octanol–water partition coefficient (Wildman–Crippen LogP) is 3.05. The highest BCUT2D eigenvalue weighted by Crippen LogP contribution is 2.15. The van der Waals surface area contributed by atoms with Gasteiger partial charge in [0.1, 0.15) is 0 Å². The molecule has 2 unspecified atom stereocenters. The molecule has 96 valence electrons. The van der Waals surface area contributed by atoms with Crippen molar-refractivity contribution in [2.45, 2.75) is 39.7 Å². The average molecular weight is 235 g/mol. The van der Waals surface area contributed by atoms with Gasteiger partial charge in [-0.25, -0.2) is 0 Å². The van der Waals surface area contributed by atoms with Crippen LogP contribution in [0.15, 0.2) is 24.3 Å². The van der Waals surface area contributed by atoms with Gasteiger partial charge in [-0.05, 0) is 38.3 Å². The van der Waals surface area contributed by atoms with Crippen LogP contribution in [0, 0.1) is 12.8 Å². The van der Waals surface area contributed by atoms with E-state index in [1.807, 2.05) is 0 Å². The number of aryl methyl sites for hydroxylation is 1. The van der Waals surface area contributed by atoms with Crippen molar-refractivity contribution in [3.63, 3.8) is 0 Å². The largest absolute Gasteiger partial charge is 0.396 e. The lowest BCUT2D eigenvalue weighted by Crippen LogP contribution is -2.26. The Bertz CT molecular complexity index is 324. The summed E-state index contributed by atoms with van der Waals surface area (Å²) in [7, 11) is 0. The maximum Gasteiger partial charge on any atom is 0.0434 e. The van der Waals surface area contributed by atoms with E-state index >= 15 is 0 Å². The van der Waals surface area contributed by atoms with Crippen molar-refractivity contribution in [2.75, 3.05) is 13.2 Å². The molecular formula is C15H25NO. The standard InChI is InChI=1S/C15H25NO/c1-4-14(8-9-17)11-16-13(3)15-7-5-6-12(2)10-15/h5-7,10,13-14,16-17H,4,8-9,11H2,1-3H3. The molecule has 0 saturated heterocycles. The van der Waals surface area contributed by atoms with Gasteiger partial charge in [0.05, 0.1) is 0 Å². The highest BCUT2D eigenvalue weighted by molar-refractivity contribution is 5.24. The zero-order valence-electron chi connectivity index (χ0n) is 11.2. The molecule has 0 aliphatic rings. The van der Waals surface area contributed by atoms with Gasteiger partial charge in [0, 0.05) is 12.6 Å². The third-order valence-electron chi connectivity index (χ3n) is 3.37. The Balaban J connectivity index is 2.46. The highest BCUT2D eigenvalue weighted by Gasteiger charge is 2.09. The second kappa shape index (κ2) is 7.46. The zero-order chi connectivity index (χ0) is 12.7. The first-order chi connectivity index (χ1) is 8.17. The van der Waals surface area contributed by atoms with Crippen LogP contribution in [0.1, 0.15) is 43.9 Å². The van der Waals surface area contributed by atoms with Gasteiger partial charge in [0.15, 0.2) is 0 Å². The summed E-state index contributed by atoms with van der Waals surface area (Å²) in [5, 5.41) is 12.5. The monoisotopic (exact) mass is 235 g/mol. The summed E-state index contributed by atoms with van der Waals surface area (Å²) in [6.45, 7) is 7.77. The van der Waals surface area contributed by atoms with E-state index in [2.05, 4.69) is 50.4 Å². The molecule has 2 N–H and O–H groups in total. The topological polar surface area (TPSA) is 32.3 Å². The fourth-order valence-electron chi connectivity index (χ4n) is 2.03. The van der Waals surface area contributed by atoms with E-state index in [9.17, 15) is 0 Å². The molecule has 17 heavy (non-hydrogen) atoms. The molecule has 0 amide bonds. The zero-order valence-corrected chi connectivity index (χ0v) is 11.2. The Morgan fingerprint density at radius 1 is 1.35 bits per heavy atom. The van der Waals surface area contributed by atoms with Gasteiger partial charge >= 0.3 is 0 Å². The summed E-state index contributed by atoms with van der Waals surface area (Å²) < 4.78 is 0. The maximum atomic E-state index is 8.96. The van der Waals surface area contributed by atoms with E-state index in [0.717, 1.165) is 19.4 Å². The third kappa shape index (κ3) is 4.88. The molecule has 2 atom stereocenters. The van der Waals surface area contributed by atoms with Crippen LogP contribution in [-0.4, -0.2) is 18.3 Å². The van der Waals surface area contributed by atoms with E-state index in [0.29, 0.717) is 18.6 Å². The molecule has 0 aliphatic heterocycles. The molecule has 0 radical (unpaired) electrons. The van der Waals surface area contributed by atoms with Crippen molar-refractivity contribution >= 4 is 0 Å². The molecule has 1 rings (SSSR count). The smallest absolute Gasteiger partial charge is 0.0434 e. The van der Waals surface area contributed by atoms with Crippen molar-refractivity contribution in [1.82, 2.24) is 5.32 Å². The van der Waals surface area contributed by atoms with Crippen molar-refractivity contribution in [2.24, 2.45) is 5.92 Å². The van der Waals surface area contributed by atoms with Crippen LogP contribution in [0.25, 0.3) is 0 Å². The first kappa shape index (κ1) is 14.2. The van der Waals surface area contributed by atoms with Gasteiger partial charge in [-0.3, -0.25) is 0 Å². The second-order valence-corrected chi connectivity index (χ2v) is 4.83. The van der Waals surface area contributed by atoms with Gasteiger partial charge in [-0.15, -0.1) is 0 Å². The highest BCUT2D eigenvalue weighted by atomic mass is 16.3. The Hall–Kier alpha value is -0.860. The number of hydrogen-bond donors (Lipinski definition) is 2. The van der Waals surface area contributed by atoms with Gasteiger partial charge < -0.3 is 10.4 Å². The Labute approximate surface area is 105 Å². The SMILES string of the molecule is CCC(CCO)CNC(C)c1cccc(C)c1. The lowest BCUT2D eigenvalue weighted by molar-refractivity contribution is 0.249. The van der Waals surface area contributed by atoms with Crippen LogP contribution in [-0.2, 0) is 0 Å². The van der Waals surface area contributed by atoms with Crippen LogP contribution in [0.3, 0.4) is 0 Å². The minimum absolute atomic E-state index is 0.291. The number of benzene rings is 1. The van der Waals surface area contributed by atoms with Crippen molar-refractivity contribution in [3.05, 3.63) is 35.4 Å². The number of aliphatic hydroxyl groups excluding tert-OH is 1. The van der Waals surface area contributed by atoms with E-state index in [1.54, 1.807) is 0 Å². The summed E-state index contributed by atoms with van der Waals surface area (Å²) in [5.41, 5.74) is 2.64. The molecule has 0 heterocycles. The summed E-state index contributed by atoms with van der Waals surface area (Å²) >= 11 is 0. The van der Waals surface area contributed by atoms with Crippen molar-refractivity contribution < 1.29 is 5.11 Å². The van der Waals surface area contributed by atoms with E-state index in [4.69, 9.17) is 5.11 Å². The van der Waals surface area contributed by atoms with Gasteiger partial charge in [-0.1, -0.05) is 43.2 Å². The minimum Gasteiger partial charge on any atom is -0.396 e. The second-order valence-electron chi connectivity index (χ2n) is 4.83. The molecule has 0 bridgehead atoms. The summed E-state index contributed by atoms with van der Waals surface area (Å²) in [5.74, 6) is 0.576. The fraction of sp³-hybridized carbons (Fsp3) is 0.600. The fourth-order valence-corrected chi connectivity index (χ4v) is 2.03. The van der Waals surface area contributed by atoms with Crippen LogP contribution in [0.4, 0.5) is 0 Å². The van der Waals surface area contributed by atoms with Crippen LogP contribution in [0.2, 0.25) is 0 Å². The molecule has 1 aromatic carbocycles. The number of nitrogens with one attached hydrogen (secondary N) is 1. The van der Waals surface area contributed by atoms with Crippen LogP contribution >= 0.6 is 0 Å². The van der Waals surface area contributed by atoms with E-state index in [-0.39, 0.29) is 0 Å². The van der Waals surface area contributed by atoms with Gasteiger partial charge in [0.2, 0.25) is 0 Å². The molecule has 2 heteroatoms. The molecule has 1 aromatic rings. The summed E-state index contributed by atoms with van der Waals surface area (Å²) in [6, 6.07) is 9.00. The first-order valence-electron chi connectivity index (χ1n) is 6.58. The third-order valence-corrected chi connectivity index (χ3v) is 3.37. The van der Waals surface area contributed by atoms with Gasteiger partial charge in [0.25, 0.3) is 0 Å². The van der Waals surface area contributed by atoms with E-state index < -0.39 is 0 Å². The van der Waals surface area contributed by atoms with Crippen molar-refractivity contribution in [1.29, 1.82) is 0 Å². The quantitative estimate of drug-likeness (QED) is 0.761. The Kier molecular flexibility index (Phi) is 6.23. The first-order valence-corrected chi connectivity index (χ1v) is 6.58. The Morgan fingerprint density at radius 3 is 2.71 bits per heavy atom. The van der Waals surface area contributed by atoms with Crippen LogP contribution in [0.5, 0.6) is 0 Å². The lowest BCUT2D eigenvalue weighted by Gasteiger charge is -2.19. The average Bonchev–Trinajstić information content (AvgIpc) is 2.34. The molecule has 0 aromatic heterocycles.